The molecule has 0 fully saturated rings. The van der Waals surface area contributed by atoms with Gasteiger partial charge in [-0.05, 0) is 66.9 Å². The van der Waals surface area contributed by atoms with Crippen molar-refractivity contribution in [3.63, 3.8) is 0 Å². The van der Waals surface area contributed by atoms with Crippen LogP contribution in [0.3, 0.4) is 0 Å². The number of aromatic nitrogens is 1. The van der Waals surface area contributed by atoms with Gasteiger partial charge in [-0.15, -0.1) is 0 Å². The number of carbonyl (C=O) groups is 1. The lowest BCUT2D eigenvalue weighted by Gasteiger charge is -2.36. The van der Waals surface area contributed by atoms with Crippen molar-refractivity contribution in [2.24, 2.45) is 0 Å². The number of carbonyl (C=O) groups excluding carboxylic acids is 1. The molecule has 0 saturated carbocycles. The molecule has 156 valence electrons. The van der Waals surface area contributed by atoms with Crippen molar-refractivity contribution in [1.29, 1.82) is 0 Å². The molecule has 1 atom stereocenters. The van der Waals surface area contributed by atoms with E-state index in [1.807, 2.05) is 54.3 Å². The normalized spacial score (nSPS) is 15.7. The molecule has 1 aliphatic heterocycles. The smallest absolute Gasteiger partial charge is 0.254 e. The van der Waals surface area contributed by atoms with Crippen LogP contribution in [0.25, 0.3) is 10.9 Å². The minimum atomic E-state index is -0.178. The maximum atomic E-state index is 13.6. The van der Waals surface area contributed by atoms with Crippen LogP contribution >= 0.6 is 15.9 Å². The molecular weight excluding hydrogens is 452 g/mol. The Morgan fingerprint density at radius 3 is 2.55 bits per heavy atom. The molecule has 1 aromatic heterocycles. The number of benzene rings is 3. The number of H-pyrrole nitrogens is 1. The first-order valence-electron chi connectivity index (χ1n) is 10.5. The van der Waals surface area contributed by atoms with Gasteiger partial charge in [0.1, 0.15) is 5.75 Å². The van der Waals surface area contributed by atoms with Crippen molar-refractivity contribution in [2.45, 2.75) is 19.4 Å². The molecule has 1 amide bonds. The number of nitrogens with one attached hydrogen (secondary N) is 1. The largest absolute Gasteiger partial charge is 0.494 e. The minimum Gasteiger partial charge on any atom is -0.494 e. The Morgan fingerprint density at radius 2 is 1.81 bits per heavy atom. The summed E-state index contributed by atoms with van der Waals surface area (Å²) in [6.45, 7) is 3.27. The molecule has 31 heavy (non-hydrogen) atoms. The van der Waals surface area contributed by atoms with Crippen molar-refractivity contribution >= 4 is 32.7 Å². The Bertz CT molecular complexity index is 1230. The van der Waals surface area contributed by atoms with Crippen LogP contribution in [0.15, 0.2) is 77.3 Å². The zero-order valence-corrected chi connectivity index (χ0v) is 18.9. The van der Waals surface area contributed by atoms with E-state index in [4.69, 9.17) is 4.74 Å². The molecule has 5 heteroatoms. The molecule has 3 aromatic carbocycles. The summed E-state index contributed by atoms with van der Waals surface area (Å²) in [5.41, 5.74) is 5.28. The van der Waals surface area contributed by atoms with E-state index >= 15 is 0 Å². The van der Waals surface area contributed by atoms with Gasteiger partial charge in [-0.2, -0.15) is 0 Å². The number of fused-ring (bicyclic) bond motifs is 3. The summed E-state index contributed by atoms with van der Waals surface area (Å²) in [6.07, 6.45) is 0.829. The highest BCUT2D eigenvalue weighted by Crippen LogP contribution is 2.39. The van der Waals surface area contributed by atoms with Gasteiger partial charge in [0.2, 0.25) is 0 Å². The van der Waals surface area contributed by atoms with Gasteiger partial charge in [0.15, 0.2) is 0 Å². The molecule has 0 aliphatic carbocycles. The first-order valence-corrected chi connectivity index (χ1v) is 11.3. The fourth-order valence-corrected chi connectivity index (χ4v) is 4.74. The van der Waals surface area contributed by atoms with Crippen LogP contribution in [-0.4, -0.2) is 28.9 Å². The van der Waals surface area contributed by atoms with E-state index in [9.17, 15) is 4.79 Å². The van der Waals surface area contributed by atoms with Crippen molar-refractivity contribution in [3.05, 3.63) is 99.7 Å². The van der Waals surface area contributed by atoms with Gasteiger partial charge in [-0.25, -0.2) is 0 Å². The fraction of sp³-hybridized carbons (Fsp3) is 0.192. The zero-order chi connectivity index (χ0) is 21.4. The van der Waals surface area contributed by atoms with E-state index in [0.717, 1.165) is 33.4 Å². The fourth-order valence-electron chi connectivity index (χ4n) is 4.48. The van der Waals surface area contributed by atoms with Crippen LogP contribution in [-0.2, 0) is 6.42 Å². The number of hydrogen-bond donors (Lipinski definition) is 1. The van der Waals surface area contributed by atoms with Crippen molar-refractivity contribution in [3.8, 4) is 5.75 Å². The van der Waals surface area contributed by atoms with Crippen LogP contribution in [0.2, 0.25) is 0 Å². The van der Waals surface area contributed by atoms with Crippen molar-refractivity contribution < 1.29 is 9.53 Å². The molecule has 1 unspecified atom stereocenters. The Morgan fingerprint density at radius 1 is 1.06 bits per heavy atom. The van der Waals surface area contributed by atoms with Gasteiger partial charge in [0, 0.05) is 33.2 Å². The Kier molecular flexibility index (Phi) is 5.28. The second-order valence-corrected chi connectivity index (χ2v) is 8.64. The van der Waals surface area contributed by atoms with Crippen molar-refractivity contribution in [2.75, 3.05) is 13.2 Å². The Hall–Kier alpha value is -3.05. The lowest BCUT2D eigenvalue weighted by atomic mass is 9.91. The number of ether oxygens (including phenoxy) is 1. The molecule has 0 bridgehead atoms. The maximum Gasteiger partial charge on any atom is 0.254 e. The Balaban J connectivity index is 1.61. The van der Waals surface area contributed by atoms with Crippen LogP contribution in [0.4, 0.5) is 0 Å². The van der Waals surface area contributed by atoms with Crippen LogP contribution in [0.1, 0.15) is 40.1 Å². The van der Waals surface area contributed by atoms with E-state index in [1.165, 1.54) is 10.9 Å². The predicted molar refractivity (Wildman–Crippen MR) is 127 cm³/mol. The van der Waals surface area contributed by atoms with Gasteiger partial charge < -0.3 is 14.6 Å². The average Bonchev–Trinajstić information content (AvgIpc) is 3.18. The molecule has 1 aliphatic rings. The minimum absolute atomic E-state index is 0.0377. The number of rotatable bonds is 4. The van der Waals surface area contributed by atoms with E-state index in [2.05, 4.69) is 51.2 Å². The number of hydrogen-bond acceptors (Lipinski definition) is 2. The highest BCUT2D eigenvalue weighted by atomic mass is 79.9. The molecule has 1 N–H and O–H groups in total. The molecule has 0 saturated heterocycles. The van der Waals surface area contributed by atoms with Crippen LogP contribution in [0, 0.1) is 0 Å². The van der Waals surface area contributed by atoms with Gasteiger partial charge in [0.05, 0.1) is 12.6 Å². The summed E-state index contributed by atoms with van der Waals surface area (Å²) in [7, 11) is 0. The first kappa shape index (κ1) is 19.9. The topological polar surface area (TPSA) is 45.3 Å². The Labute approximate surface area is 190 Å². The predicted octanol–water partition coefficient (Wildman–Crippen LogP) is 6.12. The van der Waals surface area contributed by atoms with Crippen LogP contribution in [0.5, 0.6) is 5.75 Å². The quantitative estimate of drug-likeness (QED) is 0.387. The average molecular weight is 475 g/mol. The molecule has 0 radical (unpaired) electrons. The lowest BCUT2D eigenvalue weighted by molar-refractivity contribution is 0.0692. The molecule has 0 spiro atoms. The summed E-state index contributed by atoms with van der Waals surface area (Å²) in [4.78, 5) is 19.2. The SMILES string of the molecule is CCOc1ccc(C2c3[nH]c4ccccc4c3CCN2C(=O)c2ccc(Br)cc2)cc1. The molecule has 4 aromatic rings. The monoisotopic (exact) mass is 474 g/mol. The van der Waals surface area contributed by atoms with E-state index in [0.29, 0.717) is 18.7 Å². The number of halogens is 1. The summed E-state index contributed by atoms with van der Waals surface area (Å²) in [6, 6.07) is 23.9. The summed E-state index contributed by atoms with van der Waals surface area (Å²) >= 11 is 3.46. The standard InChI is InChI=1S/C26H23BrN2O2/c1-2-31-20-13-9-17(10-14-20)25-24-22(21-5-3-4-6-23(21)28-24)15-16-29(25)26(30)18-7-11-19(27)12-8-18/h3-14,25,28H,2,15-16H2,1H3. The van der Waals surface area contributed by atoms with E-state index in [-0.39, 0.29) is 11.9 Å². The lowest BCUT2D eigenvalue weighted by Crippen LogP contribution is -2.40. The number of para-hydroxylation sites is 1. The summed E-state index contributed by atoms with van der Waals surface area (Å²) < 4.78 is 6.59. The van der Waals surface area contributed by atoms with Gasteiger partial charge >= 0.3 is 0 Å². The summed E-state index contributed by atoms with van der Waals surface area (Å²) in [5.74, 6) is 0.875. The third-order valence-corrected chi connectivity index (χ3v) is 6.42. The third kappa shape index (κ3) is 3.63. The highest BCUT2D eigenvalue weighted by molar-refractivity contribution is 9.10. The summed E-state index contributed by atoms with van der Waals surface area (Å²) in [5, 5.41) is 1.24. The van der Waals surface area contributed by atoms with E-state index in [1.54, 1.807) is 0 Å². The number of amides is 1. The highest BCUT2D eigenvalue weighted by Gasteiger charge is 2.34. The van der Waals surface area contributed by atoms with E-state index < -0.39 is 0 Å². The van der Waals surface area contributed by atoms with Gasteiger partial charge in [0.25, 0.3) is 5.91 Å². The second kappa shape index (κ2) is 8.23. The third-order valence-electron chi connectivity index (χ3n) is 5.89. The van der Waals surface area contributed by atoms with Gasteiger partial charge in [-0.1, -0.05) is 46.3 Å². The molecule has 4 nitrogen and oxygen atoms in total. The number of nitrogens with zero attached hydrogens (tertiary/aromatic N) is 1. The van der Waals surface area contributed by atoms with Crippen LogP contribution < -0.4 is 4.74 Å². The van der Waals surface area contributed by atoms with Gasteiger partial charge in [-0.3, -0.25) is 4.79 Å². The maximum absolute atomic E-state index is 13.6. The number of aromatic amines is 1. The molecule has 2 heterocycles. The molecule has 5 rings (SSSR count). The second-order valence-electron chi connectivity index (χ2n) is 7.72. The first-order chi connectivity index (χ1) is 15.2. The molecular formula is C26H23BrN2O2. The zero-order valence-electron chi connectivity index (χ0n) is 17.3. The van der Waals surface area contributed by atoms with Crippen molar-refractivity contribution in [1.82, 2.24) is 9.88 Å².